The van der Waals surface area contributed by atoms with E-state index in [-0.39, 0.29) is 17.4 Å². The van der Waals surface area contributed by atoms with Gasteiger partial charge in [0.15, 0.2) is 17.4 Å². The van der Waals surface area contributed by atoms with Crippen LogP contribution in [-0.4, -0.2) is 22.7 Å². The van der Waals surface area contributed by atoms with Gasteiger partial charge in [0.25, 0.3) is 6.08 Å². The smallest absolute Gasteiger partial charge is 0.174 e. The molecule has 0 aliphatic carbocycles. The van der Waals surface area contributed by atoms with Gasteiger partial charge in [-0.05, 0) is 12.5 Å². The van der Waals surface area contributed by atoms with Crippen LogP contribution < -0.4 is 0 Å². The van der Waals surface area contributed by atoms with Crippen molar-refractivity contribution in [3.8, 4) is 0 Å². The third kappa shape index (κ3) is 9.79. The van der Waals surface area contributed by atoms with Crippen LogP contribution in [-0.2, 0) is 0 Å². The van der Waals surface area contributed by atoms with Gasteiger partial charge in [-0.15, -0.1) is 0 Å². The molecule has 0 aliphatic rings. The molecule has 0 aromatic heterocycles. The first-order valence-electron chi connectivity index (χ1n) is 1.84. The molecule has 0 saturated carbocycles. The Balaban J connectivity index is 0. The molecule has 0 rings (SSSR count). The van der Waals surface area contributed by atoms with Crippen LogP contribution in [0.4, 0.5) is 8.78 Å². The van der Waals surface area contributed by atoms with Gasteiger partial charge in [0, 0.05) is 5.33 Å². The van der Waals surface area contributed by atoms with Crippen molar-refractivity contribution in [2.45, 2.75) is 6.42 Å². The molecule has 0 spiro atoms. The summed E-state index contributed by atoms with van der Waals surface area (Å²) in [5, 5.41) is 0.602. The Kier molecular flexibility index (Phi) is 10.9. The molecule has 0 unspecified atom stereocenters. The minimum Gasteiger partial charge on any atom is -0.174 e. The van der Waals surface area contributed by atoms with E-state index in [0.717, 1.165) is 6.08 Å². The predicted octanol–water partition coefficient (Wildman–Crippen LogP) is 1.37. The van der Waals surface area contributed by atoms with Gasteiger partial charge >= 0.3 is 0 Å². The van der Waals surface area contributed by atoms with E-state index in [1.54, 1.807) is 0 Å². The zero-order valence-corrected chi connectivity index (χ0v) is 5.21. The van der Waals surface area contributed by atoms with Crippen molar-refractivity contribution in [2.24, 2.45) is 0 Å². The molecule has 0 saturated heterocycles. The fraction of sp³-hybridized carbons (Fsp3) is 0.500. The van der Waals surface area contributed by atoms with Crippen LogP contribution in [0, 0.1) is 0 Å². The van der Waals surface area contributed by atoms with Crippen LogP contribution >= 0.6 is 15.9 Å². The number of hydrogen-bond donors (Lipinski definition) is 0. The first-order valence-corrected chi connectivity index (χ1v) is 2.96. The lowest BCUT2D eigenvalue weighted by atomic mass is 10.5. The fourth-order valence-corrected chi connectivity index (χ4v) is 0.393. The van der Waals surface area contributed by atoms with Gasteiger partial charge in [-0.25, -0.2) is 0 Å². The SMILES string of the molecule is FC(F)=CCCBr.[AlH3]. The summed E-state index contributed by atoms with van der Waals surface area (Å²) in [6.07, 6.45) is -0.309. The molecule has 0 aliphatic heterocycles. The summed E-state index contributed by atoms with van der Waals surface area (Å²) in [5.41, 5.74) is 0. The molecule has 0 bridgehead atoms. The highest BCUT2D eigenvalue weighted by Gasteiger charge is 1.83. The van der Waals surface area contributed by atoms with Gasteiger partial charge in [0.2, 0.25) is 0 Å². The van der Waals surface area contributed by atoms with Crippen molar-refractivity contribution in [2.75, 3.05) is 5.33 Å². The third-order valence-electron chi connectivity index (χ3n) is 0.408. The summed E-state index contributed by atoms with van der Waals surface area (Å²) in [5.74, 6) is 0. The van der Waals surface area contributed by atoms with E-state index >= 15 is 0 Å². The minimum atomic E-state index is -1.60. The van der Waals surface area contributed by atoms with Crippen LogP contribution in [0.5, 0.6) is 0 Å². The van der Waals surface area contributed by atoms with E-state index in [9.17, 15) is 8.78 Å². The molecule has 0 N–H and O–H groups in total. The summed E-state index contributed by atoms with van der Waals surface area (Å²) in [7, 11) is 0. The molecule has 0 heterocycles. The largest absolute Gasteiger partial charge is 0.266 e. The highest BCUT2D eigenvalue weighted by Crippen LogP contribution is 1.99. The lowest BCUT2D eigenvalue weighted by Gasteiger charge is -1.77. The molecule has 0 aromatic carbocycles. The standard InChI is InChI=1S/C4H5BrF2.Al.3H/c5-3-1-2-4(6)7;;;;/h2H,1,3H2;;;;. The van der Waals surface area contributed by atoms with Crippen molar-refractivity contribution in [1.82, 2.24) is 0 Å². The normalized spacial score (nSPS) is 7.38. The van der Waals surface area contributed by atoms with Crippen molar-refractivity contribution >= 4 is 33.3 Å². The number of halogens is 3. The molecule has 0 aromatic rings. The van der Waals surface area contributed by atoms with Gasteiger partial charge in [0.1, 0.15) is 0 Å². The van der Waals surface area contributed by atoms with Crippen LogP contribution in [0.15, 0.2) is 12.2 Å². The topological polar surface area (TPSA) is 0 Å². The number of hydrogen-bond acceptors (Lipinski definition) is 0. The zero-order chi connectivity index (χ0) is 5.70. The summed E-state index contributed by atoms with van der Waals surface area (Å²) in [6, 6.07) is 0. The molecule has 0 nitrogen and oxygen atoms in total. The van der Waals surface area contributed by atoms with Crippen LogP contribution in [0.25, 0.3) is 0 Å². The number of rotatable bonds is 2. The maximum absolute atomic E-state index is 11.1. The first kappa shape index (κ1) is 11.4. The van der Waals surface area contributed by atoms with Crippen LogP contribution in [0.2, 0.25) is 0 Å². The fourth-order valence-electron chi connectivity index (χ4n) is 0.164. The van der Waals surface area contributed by atoms with Crippen molar-refractivity contribution in [1.29, 1.82) is 0 Å². The van der Waals surface area contributed by atoms with E-state index < -0.39 is 6.08 Å². The lowest BCUT2D eigenvalue weighted by Crippen LogP contribution is -1.65. The Morgan fingerprint density at radius 1 is 1.50 bits per heavy atom. The Morgan fingerprint density at radius 2 is 2.00 bits per heavy atom. The summed E-state index contributed by atoms with van der Waals surface area (Å²) in [4.78, 5) is 0. The van der Waals surface area contributed by atoms with E-state index in [1.807, 2.05) is 0 Å². The number of alkyl halides is 1. The Morgan fingerprint density at radius 3 is 2.12 bits per heavy atom. The quantitative estimate of drug-likeness (QED) is 0.467. The van der Waals surface area contributed by atoms with Crippen LogP contribution in [0.1, 0.15) is 6.42 Å². The summed E-state index contributed by atoms with van der Waals surface area (Å²) in [6.45, 7) is 0. The van der Waals surface area contributed by atoms with E-state index in [2.05, 4.69) is 15.9 Å². The van der Waals surface area contributed by atoms with Crippen molar-refractivity contribution in [3.05, 3.63) is 12.2 Å². The van der Waals surface area contributed by atoms with Crippen molar-refractivity contribution < 1.29 is 8.78 Å². The summed E-state index contributed by atoms with van der Waals surface area (Å²) < 4.78 is 22.1. The molecule has 4 heteroatoms. The highest BCUT2D eigenvalue weighted by molar-refractivity contribution is 9.09. The lowest BCUT2D eigenvalue weighted by molar-refractivity contribution is 0.418. The second kappa shape index (κ2) is 7.61. The van der Waals surface area contributed by atoms with E-state index in [1.165, 1.54) is 0 Å². The zero-order valence-electron chi connectivity index (χ0n) is 3.63. The van der Waals surface area contributed by atoms with Crippen molar-refractivity contribution in [3.63, 3.8) is 0 Å². The molecule has 48 valence electrons. The monoisotopic (exact) mass is 200 g/mol. The predicted molar refractivity (Wildman–Crippen MR) is 38.6 cm³/mol. The Hall–Kier alpha value is 0.612. The molecule has 0 atom stereocenters. The molecule has 0 fully saturated rings. The molecule has 8 heavy (non-hydrogen) atoms. The molecule has 0 amide bonds. The van der Waals surface area contributed by atoms with Gasteiger partial charge in [-0.1, -0.05) is 15.9 Å². The third-order valence-corrected chi connectivity index (χ3v) is 0.866. The first-order chi connectivity index (χ1) is 3.27. The van der Waals surface area contributed by atoms with Crippen LogP contribution in [0.3, 0.4) is 0 Å². The average molecular weight is 201 g/mol. The van der Waals surface area contributed by atoms with Gasteiger partial charge < -0.3 is 0 Å². The molecular formula is C4H8AlBrF2. The van der Waals surface area contributed by atoms with Gasteiger partial charge in [0.05, 0.1) is 0 Å². The second-order valence-corrected chi connectivity index (χ2v) is 1.76. The Bertz CT molecular complexity index is 70.4. The second-order valence-electron chi connectivity index (χ2n) is 0.971. The summed E-state index contributed by atoms with van der Waals surface area (Å²) >= 11 is 3.00. The average Bonchev–Trinajstić information content (AvgIpc) is 1.61. The van der Waals surface area contributed by atoms with E-state index in [0.29, 0.717) is 11.8 Å². The molecular weight excluding hydrogens is 193 g/mol. The maximum atomic E-state index is 11.1. The van der Waals surface area contributed by atoms with Gasteiger partial charge in [-0.2, -0.15) is 8.78 Å². The van der Waals surface area contributed by atoms with E-state index in [4.69, 9.17) is 0 Å². The Labute approximate surface area is 66.2 Å². The number of allylic oxidation sites excluding steroid dienone is 1. The van der Waals surface area contributed by atoms with Gasteiger partial charge in [-0.3, -0.25) is 0 Å². The maximum Gasteiger partial charge on any atom is 0.266 e. The highest BCUT2D eigenvalue weighted by atomic mass is 79.9. The minimum absolute atomic E-state index is 0. The molecule has 0 radical (unpaired) electrons.